The zero-order valence-electron chi connectivity index (χ0n) is 11.1. The van der Waals surface area contributed by atoms with Gasteiger partial charge in [0.15, 0.2) is 5.82 Å². The molecule has 0 aromatic carbocycles. The molecule has 0 radical (unpaired) electrons. The molecule has 1 unspecified atom stereocenters. The molecule has 17 heavy (non-hydrogen) atoms. The van der Waals surface area contributed by atoms with Gasteiger partial charge >= 0.3 is 0 Å². The Morgan fingerprint density at radius 3 is 2.76 bits per heavy atom. The molecule has 1 aliphatic rings. The molecule has 1 aromatic heterocycles. The largest absolute Gasteiger partial charge is 0.338 e. The van der Waals surface area contributed by atoms with Crippen LogP contribution in [0.3, 0.4) is 0 Å². The number of aromatic nitrogens is 2. The highest BCUT2D eigenvalue weighted by Crippen LogP contribution is 2.25. The molecule has 0 spiro atoms. The minimum absolute atomic E-state index is 0.264. The second-order valence-electron chi connectivity index (χ2n) is 5.19. The summed E-state index contributed by atoms with van der Waals surface area (Å²) in [5, 5.41) is 4.02. The first kappa shape index (κ1) is 12.6. The van der Waals surface area contributed by atoms with Crippen LogP contribution in [0.2, 0.25) is 0 Å². The summed E-state index contributed by atoms with van der Waals surface area (Å²) in [5.41, 5.74) is 0. The summed E-state index contributed by atoms with van der Waals surface area (Å²) in [6.45, 7) is 8.92. The highest BCUT2D eigenvalue weighted by Gasteiger charge is 2.24. The van der Waals surface area contributed by atoms with Gasteiger partial charge in [0, 0.05) is 6.42 Å². The van der Waals surface area contributed by atoms with Gasteiger partial charge in [-0.15, -0.1) is 0 Å². The molecule has 4 nitrogen and oxygen atoms in total. The van der Waals surface area contributed by atoms with Crippen molar-refractivity contribution < 1.29 is 4.52 Å². The third-order valence-electron chi connectivity index (χ3n) is 3.68. The summed E-state index contributed by atoms with van der Waals surface area (Å²) in [7, 11) is 0. The van der Waals surface area contributed by atoms with Crippen LogP contribution in [0, 0.1) is 5.92 Å². The first-order valence-corrected chi connectivity index (χ1v) is 6.77. The zero-order valence-corrected chi connectivity index (χ0v) is 11.1. The Morgan fingerprint density at radius 2 is 2.12 bits per heavy atom. The van der Waals surface area contributed by atoms with Crippen molar-refractivity contribution in [3.05, 3.63) is 11.7 Å². The molecule has 0 saturated carbocycles. The van der Waals surface area contributed by atoms with Crippen LogP contribution in [0.1, 0.15) is 57.8 Å². The molecule has 0 N–H and O–H groups in total. The van der Waals surface area contributed by atoms with Crippen LogP contribution in [0.4, 0.5) is 0 Å². The normalized spacial score (nSPS) is 20.6. The van der Waals surface area contributed by atoms with Crippen molar-refractivity contribution in [1.82, 2.24) is 15.0 Å². The second kappa shape index (κ2) is 5.63. The van der Waals surface area contributed by atoms with Gasteiger partial charge in [-0.25, -0.2) is 0 Å². The summed E-state index contributed by atoms with van der Waals surface area (Å²) in [6, 6.07) is 0.264. The van der Waals surface area contributed by atoms with Crippen molar-refractivity contribution >= 4 is 0 Å². The first-order chi connectivity index (χ1) is 8.20. The van der Waals surface area contributed by atoms with Crippen LogP contribution in [-0.2, 0) is 6.42 Å². The molecule has 1 atom stereocenters. The Hall–Kier alpha value is -0.900. The fraction of sp³-hybridized carbons (Fsp3) is 0.846. The molecule has 2 heterocycles. The van der Waals surface area contributed by atoms with Gasteiger partial charge in [-0.3, -0.25) is 4.90 Å². The SMILES string of the molecule is CCCc1noc(C(C)N2CCC(C)CC2)n1. The summed E-state index contributed by atoms with van der Waals surface area (Å²) >= 11 is 0. The third-order valence-corrected chi connectivity index (χ3v) is 3.68. The van der Waals surface area contributed by atoms with E-state index in [0.717, 1.165) is 43.6 Å². The van der Waals surface area contributed by atoms with Gasteiger partial charge < -0.3 is 4.52 Å². The van der Waals surface area contributed by atoms with E-state index in [1.807, 2.05) is 0 Å². The van der Waals surface area contributed by atoms with E-state index < -0.39 is 0 Å². The quantitative estimate of drug-likeness (QED) is 0.807. The van der Waals surface area contributed by atoms with Crippen molar-refractivity contribution in [1.29, 1.82) is 0 Å². The zero-order chi connectivity index (χ0) is 12.3. The Morgan fingerprint density at radius 1 is 1.41 bits per heavy atom. The number of piperidine rings is 1. The molecule has 1 fully saturated rings. The van der Waals surface area contributed by atoms with Gasteiger partial charge in [0.2, 0.25) is 5.89 Å². The summed E-state index contributed by atoms with van der Waals surface area (Å²) in [4.78, 5) is 6.92. The van der Waals surface area contributed by atoms with Gasteiger partial charge in [0.1, 0.15) is 0 Å². The van der Waals surface area contributed by atoms with Crippen LogP contribution >= 0.6 is 0 Å². The van der Waals surface area contributed by atoms with Crippen molar-refractivity contribution in [3.63, 3.8) is 0 Å². The predicted octanol–water partition coefficient (Wildman–Crippen LogP) is 2.82. The summed E-state index contributed by atoms with van der Waals surface area (Å²) in [6.07, 6.45) is 4.53. The lowest BCUT2D eigenvalue weighted by Gasteiger charge is -2.33. The van der Waals surface area contributed by atoms with Gasteiger partial charge in [-0.2, -0.15) is 4.98 Å². The number of likely N-dealkylation sites (tertiary alicyclic amines) is 1. The van der Waals surface area contributed by atoms with E-state index in [0.29, 0.717) is 0 Å². The lowest BCUT2D eigenvalue weighted by Crippen LogP contribution is -2.35. The maximum absolute atomic E-state index is 5.36. The van der Waals surface area contributed by atoms with Crippen LogP contribution < -0.4 is 0 Å². The first-order valence-electron chi connectivity index (χ1n) is 6.77. The highest BCUT2D eigenvalue weighted by molar-refractivity contribution is 4.93. The number of aryl methyl sites for hydroxylation is 1. The maximum atomic E-state index is 5.36. The predicted molar refractivity (Wildman–Crippen MR) is 66.7 cm³/mol. The van der Waals surface area contributed by atoms with E-state index in [4.69, 9.17) is 4.52 Å². The van der Waals surface area contributed by atoms with E-state index in [2.05, 4.69) is 35.8 Å². The Labute approximate surface area is 103 Å². The smallest absolute Gasteiger partial charge is 0.243 e. The van der Waals surface area contributed by atoms with Crippen LogP contribution in [0.15, 0.2) is 4.52 Å². The Bertz CT molecular complexity index is 342. The molecule has 2 rings (SSSR count). The number of hydrogen-bond donors (Lipinski definition) is 0. The minimum atomic E-state index is 0.264. The van der Waals surface area contributed by atoms with Crippen molar-refractivity contribution in [2.45, 2.75) is 52.5 Å². The third kappa shape index (κ3) is 3.06. The van der Waals surface area contributed by atoms with Crippen LogP contribution in [-0.4, -0.2) is 28.1 Å². The van der Waals surface area contributed by atoms with E-state index in [1.165, 1.54) is 12.8 Å². The topological polar surface area (TPSA) is 42.2 Å². The molecule has 4 heteroatoms. The van der Waals surface area contributed by atoms with E-state index in [1.54, 1.807) is 0 Å². The molecule has 0 bridgehead atoms. The lowest BCUT2D eigenvalue weighted by molar-refractivity contribution is 0.124. The van der Waals surface area contributed by atoms with Crippen LogP contribution in [0.5, 0.6) is 0 Å². The monoisotopic (exact) mass is 237 g/mol. The number of hydrogen-bond acceptors (Lipinski definition) is 4. The van der Waals surface area contributed by atoms with E-state index in [-0.39, 0.29) is 6.04 Å². The molecular weight excluding hydrogens is 214 g/mol. The van der Waals surface area contributed by atoms with Crippen molar-refractivity contribution in [2.24, 2.45) is 5.92 Å². The Kier molecular flexibility index (Phi) is 4.15. The maximum Gasteiger partial charge on any atom is 0.243 e. The Balaban J connectivity index is 1.96. The fourth-order valence-corrected chi connectivity index (χ4v) is 2.33. The molecule has 1 aromatic rings. The van der Waals surface area contributed by atoms with E-state index in [9.17, 15) is 0 Å². The van der Waals surface area contributed by atoms with Gasteiger partial charge in [0.25, 0.3) is 0 Å². The standard InChI is InChI=1S/C13H23N3O/c1-4-5-12-14-13(17-15-12)11(3)16-8-6-10(2)7-9-16/h10-11H,4-9H2,1-3H3. The van der Waals surface area contributed by atoms with E-state index >= 15 is 0 Å². The fourth-order valence-electron chi connectivity index (χ4n) is 2.33. The average molecular weight is 237 g/mol. The van der Waals surface area contributed by atoms with Crippen LogP contribution in [0.25, 0.3) is 0 Å². The number of nitrogens with zero attached hydrogens (tertiary/aromatic N) is 3. The molecule has 0 amide bonds. The molecule has 1 saturated heterocycles. The summed E-state index contributed by atoms with van der Waals surface area (Å²) in [5.74, 6) is 2.49. The number of rotatable bonds is 4. The highest BCUT2D eigenvalue weighted by atomic mass is 16.5. The van der Waals surface area contributed by atoms with Gasteiger partial charge in [0.05, 0.1) is 6.04 Å². The molecular formula is C13H23N3O. The lowest BCUT2D eigenvalue weighted by atomic mass is 9.98. The molecule has 1 aliphatic heterocycles. The second-order valence-corrected chi connectivity index (χ2v) is 5.19. The summed E-state index contributed by atoms with van der Waals surface area (Å²) < 4.78 is 5.36. The van der Waals surface area contributed by atoms with Crippen molar-refractivity contribution in [2.75, 3.05) is 13.1 Å². The van der Waals surface area contributed by atoms with Gasteiger partial charge in [-0.1, -0.05) is 19.0 Å². The molecule has 96 valence electrons. The minimum Gasteiger partial charge on any atom is -0.338 e. The van der Waals surface area contributed by atoms with Crippen molar-refractivity contribution in [3.8, 4) is 0 Å². The average Bonchev–Trinajstić information content (AvgIpc) is 2.78. The van der Waals surface area contributed by atoms with Gasteiger partial charge in [-0.05, 0) is 45.2 Å². The molecule has 0 aliphatic carbocycles.